The maximum atomic E-state index is 5.70. The van der Waals surface area contributed by atoms with E-state index in [0.717, 1.165) is 12.3 Å². The fraction of sp³-hybridized carbons (Fsp3) is 0.308. The Kier molecular flexibility index (Phi) is 2.57. The van der Waals surface area contributed by atoms with E-state index < -0.39 is 0 Å². The predicted molar refractivity (Wildman–Crippen MR) is 65.1 cm³/mol. The predicted octanol–water partition coefficient (Wildman–Crippen LogP) is 1.58. The summed E-state index contributed by atoms with van der Waals surface area (Å²) in [5.41, 5.74) is 2.42. The molecule has 3 rings (SSSR count). The molecule has 0 radical (unpaired) electrons. The van der Waals surface area contributed by atoms with Crippen LogP contribution in [0.15, 0.2) is 36.8 Å². The lowest BCUT2D eigenvalue weighted by molar-refractivity contribution is 0.314. The van der Waals surface area contributed by atoms with Crippen LogP contribution in [0.25, 0.3) is 0 Å². The molecule has 0 aliphatic carbocycles. The maximum Gasteiger partial charge on any atom is 0.124 e. The summed E-state index contributed by atoms with van der Waals surface area (Å²) >= 11 is 0. The molecule has 1 unspecified atom stereocenters. The van der Waals surface area contributed by atoms with Crippen molar-refractivity contribution in [3.05, 3.63) is 48.0 Å². The smallest absolute Gasteiger partial charge is 0.124 e. The first-order valence-electron chi connectivity index (χ1n) is 5.77. The summed E-state index contributed by atoms with van der Waals surface area (Å²) in [6, 6.07) is 8.44. The van der Waals surface area contributed by atoms with Crippen molar-refractivity contribution in [2.75, 3.05) is 13.7 Å². The number of para-hydroxylation sites is 1. The number of hydrogen-bond donors (Lipinski definition) is 1. The van der Waals surface area contributed by atoms with Crippen molar-refractivity contribution in [3.8, 4) is 5.75 Å². The number of fused-ring (bicyclic) bond motifs is 1. The van der Waals surface area contributed by atoms with E-state index in [1.165, 1.54) is 11.3 Å². The van der Waals surface area contributed by atoms with Crippen molar-refractivity contribution in [2.45, 2.75) is 12.6 Å². The summed E-state index contributed by atoms with van der Waals surface area (Å²) < 4.78 is 7.88. The number of hydrogen-bond acceptors (Lipinski definition) is 3. The molecule has 1 aliphatic rings. The highest BCUT2D eigenvalue weighted by atomic mass is 16.5. The molecule has 4 heteroatoms. The van der Waals surface area contributed by atoms with E-state index in [2.05, 4.69) is 27.0 Å². The third-order valence-electron chi connectivity index (χ3n) is 3.11. The number of rotatable bonds is 3. The molecule has 1 aromatic heterocycles. The first kappa shape index (κ1) is 10.4. The van der Waals surface area contributed by atoms with Crippen molar-refractivity contribution >= 4 is 0 Å². The molecule has 17 heavy (non-hydrogen) atoms. The van der Waals surface area contributed by atoms with Crippen LogP contribution in [0, 0.1) is 0 Å². The van der Waals surface area contributed by atoms with Gasteiger partial charge in [0.25, 0.3) is 0 Å². The Morgan fingerprint density at radius 1 is 1.47 bits per heavy atom. The van der Waals surface area contributed by atoms with Crippen molar-refractivity contribution in [3.63, 3.8) is 0 Å². The molecule has 0 spiro atoms. The van der Waals surface area contributed by atoms with Gasteiger partial charge in [-0.15, -0.1) is 0 Å². The van der Waals surface area contributed by atoms with Crippen LogP contribution in [0.1, 0.15) is 17.3 Å². The van der Waals surface area contributed by atoms with E-state index in [1.807, 2.05) is 31.7 Å². The lowest BCUT2D eigenvalue weighted by atomic mass is 10.1. The van der Waals surface area contributed by atoms with Crippen LogP contribution in [0.2, 0.25) is 0 Å². The van der Waals surface area contributed by atoms with Gasteiger partial charge in [0.15, 0.2) is 0 Å². The van der Waals surface area contributed by atoms with E-state index in [0.29, 0.717) is 6.61 Å². The Morgan fingerprint density at radius 3 is 3.24 bits per heavy atom. The second kappa shape index (κ2) is 4.22. The number of benzene rings is 1. The zero-order chi connectivity index (χ0) is 11.7. The van der Waals surface area contributed by atoms with E-state index in [9.17, 15) is 0 Å². The average molecular weight is 229 g/mol. The van der Waals surface area contributed by atoms with Gasteiger partial charge in [-0.05, 0) is 13.1 Å². The minimum atomic E-state index is 0.247. The molecule has 0 amide bonds. The number of ether oxygens (including phenoxy) is 1. The molecule has 1 aliphatic heterocycles. The second-order valence-electron chi connectivity index (χ2n) is 4.19. The summed E-state index contributed by atoms with van der Waals surface area (Å²) in [5.74, 6) is 0.988. The van der Waals surface area contributed by atoms with Crippen LogP contribution in [0.3, 0.4) is 0 Å². The maximum absolute atomic E-state index is 5.70. The molecule has 88 valence electrons. The van der Waals surface area contributed by atoms with E-state index in [4.69, 9.17) is 4.74 Å². The van der Waals surface area contributed by atoms with Crippen LogP contribution < -0.4 is 10.1 Å². The van der Waals surface area contributed by atoms with Gasteiger partial charge >= 0.3 is 0 Å². The van der Waals surface area contributed by atoms with Gasteiger partial charge in [-0.3, -0.25) is 0 Å². The summed E-state index contributed by atoms with van der Waals surface area (Å²) in [5, 5.41) is 3.16. The number of nitrogens with one attached hydrogen (secondary N) is 1. The minimum absolute atomic E-state index is 0.247. The van der Waals surface area contributed by atoms with Gasteiger partial charge < -0.3 is 14.6 Å². The largest absolute Gasteiger partial charge is 0.491 e. The highest BCUT2D eigenvalue weighted by Gasteiger charge is 2.26. The van der Waals surface area contributed by atoms with Gasteiger partial charge in [-0.2, -0.15) is 0 Å². The highest BCUT2D eigenvalue weighted by molar-refractivity contribution is 5.40. The van der Waals surface area contributed by atoms with Gasteiger partial charge in [-0.25, -0.2) is 4.98 Å². The van der Waals surface area contributed by atoms with Crippen LogP contribution >= 0.6 is 0 Å². The van der Waals surface area contributed by atoms with Crippen LogP contribution in [-0.4, -0.2) is 23.2 Å². The minimum Gasteiger partial charge on any atom is -0.491 e. The first-order chi connectivity index (χ1) is 8.40. The van der Waals surface area contributed by atoms with E-state index in [1.54, 1.807) is 0 Å². The Hall–Kier alpha value is -1.81. The lowest BCUT2D eigenvalue weighted by Crippen LogP contribution is -2.17. The zero-order valence-electron chi connectivity index (χ0n) is 9.76. The van der Waals surface area contributed by atoms with Crippen molar-refractivity contribution in [2.24, 2.45) is 0 Å². The monoisotopic (exact) mass is 229 g/mol. The molecule has 0 saturated heterocycles. The molecular weight excluding hydrogens is 214 g/mol. The molecule has 2 heterocycles. The molecule has 0 bridgehead atoms. The normalized spacial score (nSPS) is 17.8. The molecule has 4 nitrogen and oxygen atoms in total. The SMILES string of the molecule is CNCc1cncn1C1COc2ccccc21. The molecule has 2 aromatic rings. The zero-order valence-corrected chi connectivity index (χ0v) is 9.76. The third kappa shape index (κ3) is 1.70. The summed E-state index contributed by atoms with van der Waals surface area (Å²) in [6.45, 7) is 1.51. The summed E-state index contributed by atoms with van der Waals surface area (Å²) in [7, 11) is 1.94. The van der Waals surface area contributed by atoms with Crippen LogP contribution in [-0.2, 0) is 6.54 Å². The van der Waals surface area contributed by atoms with Gasteiger partial charge in [0.05, 0.1) is 18.1 Å². The molecule has 1 N–H and O–H groups in total. The van der Waals surface area contributed by atoms with Gasteiger partial charge in [0.1, 0.15) is 12.4 Å². The Labute approximate surface area is 100 Å². The molecule has 0 fully saturated rings. The molecule has 0 saturated carbocycles. The second-order valence-corrected chi connectivity index (χ2v) is 4.19. The van der Waals surface area contributed by atoms with Crippen molar-refractivity contribution in [1.29, 1.82) is 0 Å². The van der Waals surface area contributed by atoms with Gasteiger partial charge in [0, 0.05) is 18.3 Å². The summed E-state index contributed by atoms with van der Waals surface area (Å²) in [4.78, 5) is 4.23. The number of imidazole rings is 1. The first-order valence-corrected chi connectivity index (χ1v) is 5.77. The fourth-order valence-corrected chi connectivity index (χ4v) is 2.31. The van der Waals surface area contributed by atoms with Crippen molar-refractivity contribution < 1.29 is 4.74 Å². The average Bonchev–Trinajstić information content (AvgIpc) is 2.95. The summed E-state index contributed by atoms with van der Waals surface area (Å²) in [6.07, 6.45) is 3.78. The fourth-order valence-electron chi connectivity index (χ4n) is 2.31. The van der Waals surface area contributed by atoms with Gasteiger partial charge in [-0.1, -0.05) is 18.2 Å². The molecule has 1 atom stereocenters. The third-order valence-corrected chi connectivity index (χ3v) is 3.11. The Bertz CT molecular complexity index is 521. The highest BCUT2D eigenvalue weighted by Crippen LogP contribution is 2.34. The number of aromatic nitrogens is 2. The Morgan fingerprint density at radius 2 is 2.35 bits per heavy atom. The van der Waals surface area contributed by atoms with Crippen molar-refractivity contribution in [1.82, 2.24) is 14.9 Å². The quantitative estimate of drug-likeness (QED) is 0.868. The number of nitrogens with zero attached hydrogens (tertiary/aromatic N) is 2. The topological polar surface area (TPSA) is 39.1 Å². The molecular formula is C13H15N3O. The van der Waals surface area contributed by atoms with Crippen LogP contribution in [0.5, 0.6) is 5.75 Å². The van der Waals surface area contributed by atoms with Gasteiger partial charge in [0.2, 0.25) is 0 Å². The Balaban J connectivity index is 1.98. The van der Waals surface area contributed by atoms with E-state index in [-0.39, 0.29) is 6.04 Å². The lowest BCUT2D eigenvalue weighted by Gasteiger charge is -2.14. The molecule has 1 aromatic carbocycles. The van der Waals surface area contributed by atoms with E-state index >= 15 is 0 Å². The van der Waals surface area contributed by atoms with Crippen LogP contribution in [0.4, 0.5) is 0 Å². The standard InChI is InChI=1S/C13H15N3O/c1-14-6-10-7-15-9-16(10)12-8-17-13-5-3-2-4-11(12)13/h2-5,7,9,12,14H,6,8H2,1H3.